The van der Waals surface area contributed by atoms with Crippen LogP contribution in [0.4, 0.5) is 11.4 Å². The van der Waals surface area contributed by atoms with E-state index < -0.39 is 5.97 Å². The molecule has 1 N–H and O–H groups in total. The van der Waals surface area contributed by atoms with Crippen molar-refractivity contribution in [3.05, 3.63) is 96.6 Å². The third kappa shape index (κ3) is 5.07. The number of carboxylic acids is 1. The van der Waals surface area contributed by atoms with Crippen LogP contribution in [0.1, 0.15) is 10.4 Å². The first-order valence-electron chi connectivity index (χ1n) is 10.3. The number of methoxy groups -OCH3 is 2. The van der Waals surface area contributed by atoms with E-state index in [9.17, 15) is 9.90 Å². The Kier molecular flexibility index (Phi) is 6.45. The maximum Gasteiger partial charge on any atom is 0.337 e. The Bertz CT molecular complexity index is 1280. The number of ether oxygens (including phenoxy) is 2. The Morgan fingerprint density at radius 2 is 1.09 bits per heavy atom. The van der Waals surface area contributed by atoms with Gasteiger partial charge in [-0.3, -0.25) is 0 Å². The highest BCUT2D eigenvalue weighted by atomic mass is 16.5. The van der Waals surface area contributed by atoms with Crippen LogP contribution in [0, 0.1) is 0 Å². The predicted octanol–water partition coefficient (Wildman–Crippen LogP) is 7.15. The summed E-state index contributed by atoms with van der Waals surface area (Å²) in [6.07, 6.45) is 0. The number of nitrogens with zero attached hydrogens (tertiary/aromatic N) is 2. The summed E-state index contributed by atoms with van der Waals surface area (Å²) in [4.78, 5) is 11.8. The van der Waals surface area contributed by atoms with Crippen molar-refractivity contribution in [2.75, 3.05) is 14.2 Å². The minimum Gasteiger partial charge on any atom is -0.497 e. The summed E-state index contributed by atoms with van der Waals surface area (Å²) >= 11 is 0. The molecular weight excluding hydrogens is 416 g/mol. The van der Waals surface area contributed by atoms with Gasteiger partial charge in [0.25, 0.3) is 0 Å². The molecule has 0 amide bonds. The molecule has 0 fully saturated rings. The molecule has 0 aliphatic heterocycles. The lowest BCUT2D eigenvalue weighted by molar-refractivity contribution is 0.0698. The van der Waals surface area contributed by atoms with E-state index in [1.165, 1.54) is 0 Å². The molecule has 0 spiro atoms. The second-order valence-electron chi connectivity index (χ2n) is 7.24. The lowest BCUT2D eigenvalue weighted by Crippen LogP contribution is -1.97. The predicted molar refractivity (Wildman–Crippen MR) is 128 cm³/mol. The molecule has 0 saturated heterocycles. The average Bonchev–Trinajstić information content (AvgIpc) is 2.88. The van der Waals surface area contributed by atoms with E-state index in [1.54, 1.807) is 26.4 Å². The first kappa shape index (κ1) is 21.8. The molecule has 0 aromatic heterocycles. The third-order valence-corrected chi connectivity index (χ3v) is 5.21. The largest absolute Gasteiger partial charge is 0.497 e. The topological polar surface area (TPSA) is 80.5 Å². The summed E-state index contributed by atoms with van der Waals surface area (Å²) in [6, 6.07) is 27.9. The van der Waals surface area contributed by atoms with E-state index in [0.29, 0.717) is 11.4 Å². The highest BCUT2D eigenvalue weighted by molar-refractivity contribution is 5.95. The van der Waals surface area contributed by atoms with Crippen molar-refractivity contribution in [1.82, 2.24) is 0 Å². The smallest absolute Gasteiger partial charge is 0.337 e. The standard InChI is InChI=1S/C27H22N2O4/c1-32-23-12-5-19(6-13-23)18-3-10-22(11-4-18)28-29-26-16-9-21(17-25(26)27(30)31)20-7-14-24(33-2)15-8-20/h3-17H,1-2H3,(H,30,31). The molecule has 4 aromatic rings. The minimum atomic E-state index is -1.06. The number of carboxylic acid groups (broad SMARTS) is 1. The van der Waals surface area contributed by atoms with Gasteiger partial charge in [0.05, 0.1) is 25.5 Å². The summed E-state index contributed by atoms with van der Waals surface area (Å²) in [7, 11) is 3.24. The maximum absolute atomic E-state index is 11.8. The lowest BCUT2D eigenvalue weighted by Gasteiger charge is -2.07. The van der Waals surface area contributed by atoms with Crippen LogP contribution in [0.3, 0.4) is 0 Å². The van der Waals surface area contributed by atoms with E-state index in [4.69, 9.17) is 9.47 Å². The van der Waals surface area contributed by atoms with Gasteiger partial charge in [-0.05, 0) is 70.8 Å². The minimum absolute atomic E-state index is 0.0851. The fourth-order valence-corrected chi connectivity index (χ4v) is 3.37. The van der Waals surface area contributed by atoms with Crippen LogP contribution in [0.15, 0.2) is 101 Å². The molecule has 0 unspecified atom stereocenters. The van der Waals surface area contributed by atoms with E-state index in [2.05, 4.69) is 10.2 Å². The SMILES string of the molecule is COc1ccc(-c2ccc(N=Nc3ccc(-c4ccc(OC)cc4)cc3C(=O)O)cc2)cc1. The Morgan fingerprint density at radius 3 is 1.58 bits per heavy atom. The zero-order valence-electron chi connectivity index (χ0n) is 18.2. The van der Waals surface area contributed by atoms with Gasteiger partial charge >= 0.3 is 5.97 Å². The van der Waals surface area contributed by atoms with Gasteiger partial charge in [0.1, 0.15) is 17.2 Å². The van der Waals surface area contributed by atoms with Crippen molar-refractivity contribution in [2.45, 2.75) is 0 Å². The summed E-state index contributed by atoms with van der Waals surface area (Å²) < 4.78 is 10.4. The van der Waals surface area contributed by atoms with E-state index in [1.807, 2.05) is 78.9 Å². The van der Waals surface area contributed by atoms with Crippen LogP contribution in [0.2, 0.25) is 0 Å². The van der Waals surface area contributed by atoms with Gasteiger partial charge in [-0.1, -0.05) is 42.5 Å². The van der Waals surface area contributed by atoms with Gasteiger partial charge in [0, 0.05) is 0 Å². The molecule has 0 radical (unpaired) electrons. The summed E-state index contributed by atoms with van der Waals surface area (Å²) in [5, 5.41) is 18.1. The molecule has 4 aromatic carbocycles. The third-order valence-electron chi connectivity index (χ3n) is 5.21. The number of benzene rings is 4. The molecule has 33 heavy (non-hydrogen) atoms. The Labute approximate surface area is 191 Å². The molecule has 6 heteroatoms. The molecule has 0 aliphatic rings. The quantitative estimate of drug-likeness (QED) is 0.311. The number of rotatable bonds is 7. The molecule has 0 heterocycles. The highest BCUT2D eigenvalue weighted by Crippen LogP contribution is 2.30. The van der Waals surface area contributed by atoms with E-state index in [0.717, 1.165) is 33.8 Å². The monoisotopic (exact) mass is 438 g/mol. The number of hydrogen-bond donors (Lipinski definition) is 1. The highest BCUT2D eigenvalue weighted by Gasteiger charge is 2.12. The first-order valence-corrected chi connectivity index (χ1v) is 10.3. The van der Waals surface area contributed by atoms with Crippen molar-refractivity contribution in [3.63, 3.8) is 0 Å². The molecular formula is C27H22N2O4. The van der Waals surface area contributed by atoms with Crippen molar-refractivity contribution in [1.29, 1.82) is 0 Å². The first-order chi connectivity index (χ1) is 16.1. The van der Waals surface area contributed by atoms with Crippen molar-refractivity contribution in [2.24, 2.45) is 10.2 Å². The maximum atomic E-state index is 11.8. The van der Waals surface area contributed by atoms with Gasteiger partial charge in [-0.2, -0.15) is 5.11 Å². The molecule has 0 aliphatic carbocycles. The second-order valence-corrected chi connectivity index (χ2v) is 7.24. The van der Waals surface area contributed by atoms with Crippen molar-refractivity contribution < 1.29 is 19.4 Å². The van der Waals surface area contributed by atoms with E-state index in [-0.39, 0.29) is 5.56 Å². The molecule has 6 nitrogen and oxygen atoms in total. The van der Waals surface area contributed by atoms with Crippen LogP contribution in [-0.2, 0) is 0 Å². The van der Waals surface area contributed by atoms with Crippen LogP contribution < -0.4 is 9.47 Å². The normalized spacial score (nSPS) is 10.8. The van der Waals surface area contributed by atoms with Gasteiger partial charge in [-0.15, -0.1) is 5.11 Å². The fraction of sp³-hybridized carbons (Fsp3) is 0.0741. The van der Waals surface area contributed by atoms with E-state index >= 15 is 0 Å². The van der Waals surface area contributed by atoms with Crippen molar-refractivity contribution >= 4 is 17.3 Å². The average molecular weight is 438 g/mol. The lowest BCUT2D eigenvalue weighted by atomic mass is 10.0. The van der Waals surface area contributed by atoms with Crippen LogP contribution in [0.5, 0.6) is 11.5 Å². The zero-order chi connectivity index (χ0) is 23.2. The summed E-state index contributed by atoms with van der Waals surface area (Å²) in [6.45, 7) is 0. The Morgan fingerprint density at radius 1 is 0.636 bits per heavy atom. The molecule has 0 bridgehead atoms. The van der Waals surface area contributed by atoms with Gasteiger partial charge in [-0.25, -0.2) is 4.79 Å². The zero-order valence-corrected chi connectivity index (χ0v) is 18.2. The summed E-state index contributed by atoms with van der Waals surface area (Å²) in [5.41, 5.74) is 4.76. The van der Waals surface area contributed by atoms with Crippen molar-refractivity contribution in [3.8, 4) is 33.8 Å². The van der Waals surface area contributed by atoms with Crippen LogP contribution in [0.25, 0.3) is 22.3 Å². The molecule has 0 saturated carbocycles. The number of hydrogen-bond acceptors (Lipinski definition) is 5. The van der Waals surface area contributed by atoms with Gasteiger partial charge in [0.15, 0.2) is 0 Å². The molecule has 4 rings (SSSR count). The van der Waals surface area contributed by atoms with Gasteiger partial charge in [0.2, 0.25) is 0 Å². The number of azo groups is 1. The van der Waals surface area contributed by atoms with Crippen LogP contribution in [-0.4, -0.2) is 25.3 Å². The Balaban J connectivity index is 1.55. The Hall–Kier alpha value is -4.45. The number of aromatic carboxylic acids is 1. The molecule has 0 atom stereocenters. The second kappa shape index (κ2) is 9.78. The molecule has 164 valence electrons. The fourth-order valence-electron chi connectivity index (χ4n) is 3.37. The summed E-state index contributed by atoms with van der Waals surface area (Å²) in [5.74, 6) is 0.478. The van der Waals surface area contributed by atoms with Crippen LogP contribution >= 0.6 is 0 Å². The van der Waals surface area contributed by atoms with Gasteiger partial charge < -0.3 is 14.6 Å². The number of carbonyl (C=O) groups is 1.